The van der Waals surface area contributed by atoms with Crippen LogP contribution in [0.1, 0.15) is 5.69 Å². The molecular formula is C20H12ClFN4O3S. The van der Waals surface area contributed by atoms with Gasteiger partial charge in [-0.05, 0) is 48.2 Å². The molecule has 150 valence electrons. The first-order valence-electron chi connectivity index (χ1n) is 8.55. The number of nitrogens with zero attached hydrogens (tertiary/aromatic N) is 4. The molecule has 0 unspecified atom stereocenters. The summed E-state index contributed by atoms with van der Waals surface area (Å²) < 4.78 is 23.9. The first kappa shape index (κ1) is 20.0. The predicted molar refractivity (Wildman–Crippen MR) is 107 cm³/mol. The number of aromatic nitrogens is 4. The molecule has 0 aliphatic rings. The number of rotatable bonds is 7. The summed E-state index contributed by atoms with van der Waals surface area (Å²) in [6, 6.07) is 9.28. The lowest BCUT2D eigenvalue weighted by molar-refractivity contribution is -0.129. The average molecular weight is 443 g/mol. The van der Waals surface area contributed by atoms with Gasteiger partial charge >= 0.3 is 0 Å². The van der Waals surface area contributed by atoms with E-state index >= 15 is 0 Å². The molecule has 0 spiro atoms. The van der Waals surface area contributed by atoms with E-state index in [1.165, 1.54) is 42.5 Å². The lowest BCUT2D eigenvalue weighted by Gasteiger charge is -2.02. The minimum Gasteiger partial charge on any atom is -0.461 e. The number of carbonyl (C=O) groups excluding carboxylic acids is 1. The molecule has 0 saturated heterocycles. The molecule has 4 rings (SSSR count). The molecule has 0 bridgehead atoms. The second kappa shape index (κ2) is 9.02. The monoisotopic (exact) mass is 442 g/mol. The Morgan fingerprint density at radius 3 is 2.57 bits per heavy atom. The van der Waals surface area contributed by atoms with Gasteiger partial charge in [0.2, 0.25) is 5.89 Å². The maximum absolute atomic E-state index is 13.3. The summed E-state index contributed by atoms with van der Waals surface area (Å²) in [5, 5.41) is 1.60. The molecule has 0 aliphatic heterocycles. The topological polar surface area (TPSA) is 91.0 Å². The summed E-state index contributed by atoms with van der Waals surface area (Å²) in [6.45, 7) is 0.364. The second-order valence-electron chi connectivity index (χ2n) is 5.88. The van der Waals surface area contributed by atoms with Gasteiger partial charge in [0.1, 0.15) is 28.8 Å². The number of oxazole rings is 1. The maximum Gasteiger partial charge on any atom is 0.293 e. The van der Waals surface area contributed by atoms with Crippen molar-refractivity contribution in [3.05, 3.63) is 71.5 Å². The second-order valence-corrected chi connectivity index (χ2v) is 7.31. The third kappa shape index (κ3) is 4.64. The summed E-state index contributed by atoms with van der Waals surface area (Å²) >= 11 is 7.14. The molecule has 0 N–H and O–H groups in total. The van der Waals surface area contributed by atoms with Crippen LogP contribution in [0.4, 0.5) is 4.39 Å². The highest BCUT2D eigenvalue weighted by Crippen LogP contribution is 2.37. The van der Waals surface area contributed by atoms with E-state index in [0.29, 0.717) is 50.1 Å². The number of hydrogen-bond donors (Lipinski definition) is 0. The molecule has 3 aromatic heterocycles. The smallest absolute Gasteiger partial charge is 0.293 e. The van der Waals surface area contributed by atoms with Crippen molar-refractivity contribution in [1.82, 2.24) is 19.9 Å². The van der Waals surface area contributed by atoms with Gasteiger partial charge in [0.25, 0.3) is 6.47 Å². The molecule has 0 aliphatic carbocycles. The number of ether oxygens (including phenoxy) is 1. The Morgan fingerprint density at radius 2 is 1.90 bits per heavy atom. The van der Waals surface area contributed by atoms with Crippen LogP contribution >= 0.6 is 23.4 Å². The van der Waals surface area contributed by atoms with Crippen LogP contribution in [0.5, 0.6) is 0 Å². The number of hydrogen-bond acceptors (Lipinski definition) is 8. The summed E-state index contributed by atoms with van der Waals surface area (Å²) in [4.78, 5) is 27.7. The van der Waals surface area contributed by atoms with Crippen molar-refractivity contribution in [3.8, 4) is 22.8 Å². The molecule has 4 aromatic rings. The highest BCUT2D eigenvalue weighted by atomic mass is 35.5. The van der Waals surface area contributed by atoms with Crippen LogP contribution in [0, 0.1) is 5.82 Å². The van der Waals surface area contributed by atoms with Crippen LogP contribution in [-0.2, 0) is 16.1 Å². The fraction of sp³-hybridized carbons (Fsp3) is 0.0500. The van der Waals surface area contributed by atoms with Crippen molar-refractivity contribution in [2.24, 2.45) is 0 Å². The zero-order valence-electron chi connectivity index (χ0n) is 15.2. The van der Waals surface area contributed by atoms with E-state index in [1.54, 1.807) is 24.3 Å². The van der Waals surface area contributed by atoms with Crippen molar-refractivity contribution >= 4 is 29.8 Å². The predicted octanol–water partition coefficient (Wildman–Crippen LogP) is 4.81. The molecule has 0 amide bonds. The van der Waals surface area contributed by atoms with Crippen LogP contribution in [0.3, 0.4) is 0 Å². The van der Waals surface area contributed by atoms with Gasteiger partial charge in [0.05, 0.1) is 23.1 Å². The number of halogens is 2. The minimum atomic E-state index is -0.357. The highest BCUT2D eigenvalue weighted by Gasteiger charge is 2.20. The Balaban J connectivity index is 1.71. The number of carbonyl (C=O) groups is 1. The van der Waals surface area contributed by atoms with E-state index in [1.807, 2.05) is 0 Å². The maximum atomic E-state index is 13.3. The number of benzene rings is 1. The third-order valence-corrected chi connectivity index (χ3v) is 4.97. The molecule has 10 heteroatoms. The lowest BCUT2D eigenvalue weighted by atomic mass is 10.2. The molecule has 7 nitrogen and oxygen atoms in total. The van der Waals surface area contributed by atoms with Crippen molar-refractivity contribution in [2.45, 2.75) is 16.7 Å². The van der Waals surface area contributed by atoms with Crippen molar-refractivity contribution in [3.63, 3.8) is 0 Å². The average Bonchev–Trinajstić information content (AvgIpc) is 3.18. The van der Waals surface area contributed by atoms with Crippen LogP contribution in [-0.4, -0.2) is 26.4 Å². The minimum absolute atomic E-state index is 0.0206. The summed E-state index contributed by atoms with van der Waals surface area (Å²) in [7, 11) is 0. The van der Waals surface area contributed by atoms with Crippen LogP contribution in [0.2, 0.25) is 5.02 Å². The van der Waals surface area contributed by atoms with Crippen molar-refractivity contribution < 1.29 is 18.3 Å². The number of pyridine rings is 1. The highest BCUT2D eigenvalue weighted by molar-refractivity contribution is 7.99. The van der Waals surface area contributed by atoms with E-state index in [-0.39, 0.29) is 12.4 Å². The Labute approximate surface area is 179 Å². The zero-order chi connectivity index (χ0) is 20.9. The van der Waals surface area contributed by atoms with Crippen molar-refractivity contribution in [2.75, 3.05) is 0 Å². The van der Waals surface area contributed by atoms with E-state index in [4.69, 9.17) is 16.0 Å². The van der Waals surface area contributed by atoms with Gasteiger partial charge in [-0.1, -0.05) is 11.6 Å². The van der Waals surface area contributed by atoms with E-state index in [0.717, 1.165) is 0 Å². The normalized spacial score (nSPS) is 10.7. The van der Waals surface area contributed by atoms with Gasteiger partial charge in [-0.3, -0.25) is 14.8 Å². The van der Waals surface area contributed by atoms with Gasteiger partial charge < -0.3 is 9.15 Å². The van der Waals surface area contributed by atoms with Gasteiger partial charge in [-0.2, -0.15) is 0 Å². The molecule has 0 fully saturated rings. The van der Waals surface area contributed by atoms with Crippen LogP contribution in [0.25, 0.3) is 22.8 Å². The Bertz CT molecular complexity index is 1150. The largest absolute Gasteiger partial charge is 0.461 e. The summed E-state index contributed by atoms with van der Waals surface area (Å²) in [5.74, 6) is -0.0545. The third-order valence-electron chi connectivity index (χ3n) is 3.83. The quantitative estimate of drug-likeness (QED) is 0.376. The van der Waals surface area contributed by atoms with Crippen molar-refractivity contribution in [1.29, 1.82) is 0 Å². The van der Waals surface area contributed by atoms with Gasteiger partial charge in [-0.25, -0.2) is 14.4 Å². The van der Waals surface area contributed by atoms with Crippen LogP contribution in [0.15, 0.2) is 69.5 Å². The fourth-order valence-corrected chi connectivity index (χ4v) is 3.35. The standard InChI is InChI=1S/C20H12ClFN4O3S/c21-13-3-6-17(25-7-13)30-20-18(16-9-23-15(8-24-16)10-28-11-27)26-19(29-20)12-1-4-14(22)5-2-12/h1-9,11H,10H2. The lowest BCUT2D eigenvalue weighted by Crippen LogP contribution is -1.96. The molecule has 3 heterocycles. The van der Waals surface area contributed by atoms with E-state index in [2.05, 4.69) is 24.7 Å². The van der Waals surface area contributed by atoms with E-state index < -0.39 is 0 Å². The zero-order valence-corrected chi connectivity index (χ0v) is 16.7. The molecule has 0 saturated carbocycles. The molecule has 30 heavy (non-hydrogen) atoms. The summed E-state index contributed by atoms with van der Waals surface area (Å²) in [6.07, 6.45) is 4.53. The fourth-order valence-electron chi connectivity index (χ4n) is 2.44. The molecule has 1 aromatic carbocycles. The Kier molecular flexibility index (Phi) is 6.01. The summed E-state index contributed by atoms with van der Waals surface area (Å²) in [5.41, 5.74) is 2.00. The Hall–Kier alpha value is -3.30. The first-order valence-corrected chi connectivity index (χ1v) is 9.74. The SMILES string of the molecule is O=COCc1cnc(-c2nc(-c3ccc(F)cc3)oc2Sc2ccc(Cl)cn2)cn1. The molecule has 0 atom stereocenters. The van der Waals surface area contributed by atoms with Crippen LogP contribution < -0.4 is 0 Å². The Morgan fingerprint density at radius 1 is 1.07 bits per heavy atom. The van der Waals surface area contributed by atoms with Gasteiger partial charge in [0.15, 0.2) is 5.09 Å². The molecule has 0 radical (unpaired) electrons. The van der Waals surface area contributed by atoms with Gasteiger partial charge in [0, 0.05) is 11.8 Å². The first-order chi connectivity index (χ1) is 14.6. The molecular weight excluding hydrogens is 431 g/mol. The van der Waals surface area contributed by atoms with Gasteiger partial charge in [-0.15, -0.1) is 0 Å². The van der Waals surface area contributed by atoms with E-state index in [9.17, 15) is 9.18 Å².